The van der Waals surface area contributed by atoms with E-state index in [2.05, 4.69) is 26.8 Å². The van der Waals surface area contributed by atoms with Crippen molar-refractivity contribution in [1.29, 1.82) is 0 Å². The third-order valence-corrected chi connectivity index (χ3v) is 3.56. The zero-order valence-electron chi connectivity index (χ0n) is 10.3. The number of benzene rings is 1. The molecule has 1 aromatic carbocycles. The average Bonchev–Trinajstić information content (AvgIpc) is 2.26. The highest BCUT2D eigenvalue weighted by Gasteiger charge is 2.06. The molecule has 0 spiro atoms. The number of hydrogen-bond acceptors (Lipinski definition) is 3. The normalized spacial score (nSPS) is 10.8. The number of rotatable bonds is 6. The highest BCUT2D eigenvalue weighted by atomic mass is 32.2. The quantitative estimate of drug-likeness (QED) is 0.605. The predicted octanol–water partition coefficient (Wildman–Crippen LogP) is 3.81. The van der Waals surface area contributed by atoms with E-state index < -0.39 is 0 Å². The molecule has 1 rings (SSSR count). The van der Waals surface area contributed by atoms with Gasteiger partial charge < -0.3 is 10.5 Å². The summed E-state index contributed by atoms with van der Waals surface area (Å²) in [5, 5.41) is 0. The van der Waals surface area contributed by atoms with Crippen molar-refractivity contribution in [3.05, 3.63) is 18.2 Å². The van der Waals surface area contributed by atoms with Crippen LogP contribution in [0.1, 0.15) is 27.2 Å². The molecule has 3 heteroatoms. The van der Waals surface area contributed by atoms with Gasteiger partial charge in [-0.2, -0.15) is 0 Å². The molecule has 2 nitrogen and oxygen atoms in total. The maximum absolute atomic E-state index is 6.06. The minimum atomic E-state index is 0.671. The first-order valence-corrected chi connectivity index (χ1v) is 6.77. The van der Waals surface area contributed by atoms with Gasteiger partial charge >= 0.3 is 0 Å². The van der Waals surface area contributed by atoms with Crippen molar-refractivity contribution >= 4 is 17.4 Å². The van der Waals surface area contributed by atoms with Gasteiger partial charge in [-0.1, -0.05) is 26.8 Å². The van der Waals surface area contributed by atoms with Gasteiger partial charge in [0, 0.05) is 10.6 Å². The van der Waals surface area contributed by atoms with Crippen LogP contribution in [-0.4, -0.2) is 12.4 Å². The third-order valence-electron chi connectivity index (χ3n) is 2.06. The van der Waals surface area contributed by atoms with E-state index in [9.17, 15) is 0 Å². The molecule has 2 N–H and O–H groups in total. The molecular weight excluding hydrogens is 218 g/mol. The van der Waals surface area contributed by atoms with Crippen molar-refractivity contribution in [3.63, 3.8) is 0 Å². The SMILES string of the molecule is CCCOc1cccc(SCC(C)C)c1N. The van der Waals surface area contributed by atoms with Gasteiger partial charge in [0.05, 0.1) is 12.3 Å². The molecule has 0 atom stereocenters. The first-order chi connectivity index (χ1) is 7.65. The van der Waals surface area contributed by atoms with Gasteiger partial charge in [0.15, 0.2) is 0 Å². The van der Waals surface area contributed by atoms with Crippen LogP contribution in [0.25, 0.3) is 0 Å². The van der Waals surface area contributed by atoms with Crippen LogP contribution in [-0.2, 0) is 0 Å². The second-order valence-electron chi connectivity index (χ2n) is 4.22. The Bertz CT molecular complexity index is 326. The molecule has 0 unspecified atom stereocenters. The Morgan fingerprint density at radius 3 is 2.75 bits per heavy atom. The molecule has 90 valence electrons. The summed E-state index contributed by atoms with van der Waals surface area (Å²) in [7, 11) is 0. The van der Waals surface area contributed by atoms with Crippen LogP contribution >= 0.6 is 11.8 Å². The Morgan fingerprint density at radius 1 is 1.38 bits per heavy atom. The monoisotopic (exact) mass is 239 g/mol. The summed E-state index contributed by atoms with van der Waals surface area (Å²) in [6, 6.07) is 6.00. The van der Waals surface area contributed by atoms with Crippen molar-refractivity contribution in [2.45, 2.75) is 32.1 Å². The van der Waals surface area contributed by atoms with Crippen LogP contribution in [0.3, 0.4) is 0 Å². The summed E-state index contributed by atoms with van der Waals surface area (Å²) in [5.74, 6) is 2.57. The van der Waals surface area contributed by atoms with Crippen molar-refractivity contribution < 1.29 is 4.74 Å². The van der Waals surface area contributed by atoms with Gasteiger partial charge in [-0.25, -0.2) is 0 Å². The minimum Gasteiger partial charge on any atom is -0.491 e. The van der Waals surface area contributed by atoms with Gasteiger partial charge in [0.25, 0.3) is 0 Å². The van der Waals surface area contributed by atoms with Crippen LogP contribution < -0.4 is 10.5 Å². The molecule has 1 aromatic rings. The number of anilines is 1. The Morgan fingerprint density at radius 2 is 2.12 bits per heavy atom. The van der Waals surface area contributed by atoms with E-state index in [1.54, 1.807) is 11.8 Å². The fourth-order valence-electron chi connectivity index (χ4n) is 1.24. The van der Waals surface area contributed by atoms with Gasteiger partial charge in [-0.05, 0) is 24.5 Å². The maximum Gasteiger partial charge on any atom is 0.143 e. The molecule has 0 aliphatic heterocycles. The average molecular weight is 239 g/mol. The van der Waals surface area contributed by atoms with Crippen molar-refractivity contribution in [1.82, 2.24) is 0 Å². The summed E-state index contributed by atoms with van der Waals surface area (Å²) in [6.45, 7) is 7.23. The molecule has 0 aromatic heterocycles. The largest absolute Gasteiger partial charge is 0.491 e. The fourth-order valence-corrected chi connectivity index (χ4v) is 2.19. The maximum atomic E-state index is 6.06. The zero-order valence-corrected chi connectivity index (χ0v) is 11.1. The first kappa shape index (κ1) is 13.2. The number of thioether (sulfide) groups is 1. The van der Waals surface area contributed by atoms with E-state index >= 15 is 0 Å². The molecule has 0 radical (unpaired) electrons. The van der Waals surface area contributed by atoms with Crippen LogP contribution in [0, 0.1) is 5.92 Å². The molecule has 0 aliphatic rings. The van der Waals surface area contributed by atoms with Gasteiger partial charge in [0.1, 0.15) is 5.75 Å². The lowest BCUT2D eigenvalue weighted by atomic mass is 10.3. The van der Waals surface area contributed by atoms with E-state index in [4.69, 9.17) is 10.5 Å². The van der Waals surface area contributed by atoms with Gasteiger partial charge in [-0.3, -0.25) is 0 Å². The molecule has 16 heavy (non-hydrogen) atoms. The lowest BCUT2D eigenvalue weighted by Gasteiger charge is -2.12. The fraction of sp³-hybridized carbons (Fsp3) is 0.538. The number of hydrogen-bond donors (Lipinski definition) is 1. The summed E-state index contributed by atoms with van der Waals surface area (Å²) in [6.07, 6.45) is 1.00. The van der Waals surface area contributed by atoms with E-state index in [1.165, 1.54) is 0 Å². The molecule has 0 bridgehead atoms. The smallest absolute Gasteiger partial charge is 0.143 e. The first-order valence-electron chi connectivity index (χ1n) is 5.79. The number of ether oxygens (including phenoxy) is 1. The lowest BCUT2D eigenvalue weighted by molar-refractivity contribution is 0.318. The molecule has 0 saturated heterocycles. The van der Waals surface area contributed by atoms with Crippen LogP contribution in [0.4, 0.5) is 5.69 Å². The summed E-state index contributed by atoms with van der Waals surface area (Å²) < 4.78 is 5.60. The summed E-state index contributed by atoms with van der Waals surface area (Å²) in [5.41, 5.74) is 6.84. The van der Waals surface area contributed by atoms with E-state index in [0.29, 0.717) is 5.92 Å². The summed E-state index contributed by atoms with van der Waals surface area (Å²) >= 11 is 1.80. The second kappa shape index (κ2) is 6.69. The summed E-state index contributed by atoms with van der Waals surface area (Å²) in [4.78, 5) is 1.13. The highest BCUT2D eigenvalue weighted by Crippen LogP contribution is 2.33. The standard InChI is InChI=1S/C13H21NOS/c1-4-8-15-11-6-5-7-12(13(11)14)16-9-10(2)3/h5-7,10H,4,8-9,14H2,1-3H3. The Balaban J connectivity index is 2.70. The topological polar surface area (TPSA) is 35.2 Å². The third kappa shape index (κ3) is 3.97. The number of nitrogens with two attached hydrogens (primary N) is 1. The van der Waals surface area contributed by atoms with Crippen LogP contribution in [0.2, 0.25) is 0 Å². The molecular formula is C13H21NOS. The molecule has 0 heterocycles. The van der Waals surface area contributed by atoms with Gasteiger partial charge in [0.2, 0.25) is 0 Å². The van der Waals surface area contributed by atoms with Crippen molar-refractivity contribution in [2.24, 2.45) is 5.92 Å². The Kier molecular flexibility index (Phi) is 5.53. The molecule has 0 saturated carbocycles. The minimum absolute atomic E-state index is 0.671. The second-order valence-corrected chi connectivity index (χ2v) is 5.28. The number of para-hydroxylation sites is 1. The zero-order chi connectivity index (χ0) is 12.0. The molecule has 0 amide bonds. The Hall–Kier alpha value is -0.830. The highest BCUT2D eigenvalue weighted by molar-refractivity contribution is 7.99. The number of nitrogen functional groups attached to an aromatic ring is 1. The lowest BCUT2D eigenvalue weighted by Crippen LogP contribution is -2.00. The van der Waals surface area contributed by atoms with E-state index in [1.807, 2.05) is 12.1 Å². The Labute approximate surface area is 103 Å². The van der Waals surface area contributed by atoms with Crippen molar-refractivity contribution in [3.8, 4) is 5.75 Å². The predicted molar refractivity (Wildman–Crippen MR) is 72.2 cm³/mol. The molecule has 0 aliphatic carbocycles. The van der Waals surface area contributed by atoms with Gasteiger partial charge in [-0.15, -0.1) is 11.8 Å². The van der Waals surface area contributed by atoms with E-state index in [-0.39, 0.29) is 0 Å². The van der Waals surface area contributed by atoms with Crippen LogP contribution in [0.15, 0.2) is 23.1 Å². The molecule has 0 fully saturated rings. The van der Waals surface area contributed by atoms with Crippen molar-refractivity contribution in [2.75, 3.05) is 18.1 Å². The van der Waals surface area contributed by atoms with E-state index in [0.717, 1.165) is 35.1 Å². The van der Waals surface area contributed by atoms with Crippen LogP contribution in [0.5, 0.6) is 5.75 Å².